The third-order valence-corrected chi connectivity index (χ3v) is 5.40. The van der Waals surface area contributed by atoms with E-state index in [2.05, 4.69) is 5.32 Å². The number of pyridine rings is 1. The Morgan fingerprint density at radius 1 is 1.11 bits per heavy atom. The van der Waals surface area contributed by atoms with Crippen molar-refractivity contribution in [2.24, 2.45) is 0 Å². The number of hydrogen-bond acceptors (Lipinski definition) is 4. The predicted octanol–water partition coefficient (Wildman–Crippen LogP) is 5.08. The van der Waals surface area contributed by atoms with Crippen LogP contribution in [0.2, 0.25) is 5.02 Å². The van der Waals surface area contributed by atoms with Gasteiger partial charge in [-0.05, 0) is 23.6 Å². The number of nitrogens with zero attached hydrogens (tertiary/aromatic N) is 2. The molecule has 3 rings (SSSR count). The first-order chi connectivity index (χ1) is 13.0. The van der Waals surface area contributed by atoms with Gasteiger partial charge in [-0.3, -0.25) is 0 Å². The second-order valence-electron chi connectivity index (χ2n) is 5.97. The highest BCUT2D eigenvalue weighted by Gasteiger charge is 2.25. The molecule has 0 saturated carbocycles. The zero-order chi connectivity index (χ0) is 19.4. The number of thiocarbonyl (C=S) groups is 1. The Hall–Kier alpha value is -2.41. The standard InChI is InChI=1S/C20H18ClN3OS2/c1-23(2)14-9-11-24(12-10-14)18(19(25)17-8-5-13-27-17)20(26)22-16-7-4-3-6-15(16)21/h3-13H,1-2H3,(H-,22,25,26)/p+1. The highest BCUT2D eigenvalue weighted by atomic mass is 35.5. The van der Waals surface area contributed by atoms with Crippen LogP contribution in [0.5, 0.6) is 0 Å². The molecule has 0 saturated heterocycles. The molecule has 0 radical (unpaired) electrons. The van der Waals surface area contributed by atoms with E-state index in [9.17, 15) is 5.11 Å². The molecule has 2 aromatic heterocycles. The minimum absolute atomic E-state index is 0.108. The van der Waals surface area contributed by atoms with Crippen LogP contribution in [-0.4, -0.2) is 24.2 Å². The second kappa shape index (κ2) is 8.52. The summed E-state index contributed by atoms with van der Waals surface area (Å²) < 4.78 is 1.80. The number of rotatable bonds is 5. The Labute approximate surface area is 173 Å². The molecule has 0 fully saturated rings. The van der Waals surface area contributed by atoms with Gasteiger partial charge < -0.3 is 15.3 Å². The first-order valence-electron chi connectivity index (χ1n) is 8.19. The fourth-order valence-electron chi connectivity index (χ4n) is 2.49. The maximum atomic E-state index is 10.9. The van der Waals surface area contributed by atoms with Crippen molar-refractivity contribution in [3.63, 3.8) is 0 Å². The van der Waals surface area contributed by atoms with Gasteiger partial charge >= 0.3 is 0 Å². The monoisotopic (exact) mass is 416 g/mol. The van der Waals surface area contributed by atoms with Gasteiger partial charge in [-0.1, -0.05) is 42.0 Å². The van der Waals surface area contributed by atoms with Gasteiger partial charge in [-0.15, -0.1) is 11.3 Å². The summed E-state index contributed by atoms with van der Waals surface area (Å²) in [5, 5.41) is 16.5. The molecule has 0 unspecified atom stereocenters. The van der Waals surface area contributed by atoms with Gasteiger partial charge in [-0.2, -0.15) is 4.57 Å². The number of thiophene rings is 1. The largest absolute Gasteiger partial charge is 0.501 e. The number of hydrogen-bond donors (Lipinski definition) is 2. The van der Waals surface area contributed by atoms with E-state index in [0.29, 0.717) is 21.4 Å². The first kappa shape index (κ1) is 19.4. The van der Waals surface area contributed by atoms with Gasteiger partial charge in [-0.25, -0.2) is 0 Å². The summed E-state index contributed by atoms with van der Waals surface area (Å²) in [5.41, 5.74) is 2.22. The molecule has 0 spiro atoms. The molecule has 4 nitrogen and oxygen atoms in total. The minimum Gasteiger partial charge on any atom is -0.501 e. The van der Waals surface area contributed by atoms with Crippen LogP contribution in [0, 0.1) is 0 Å². The van der Waals surface area contributed by atoms with E-state index >= 15 is 0 Å². The zero-order valence-electron chi connectivity index (χ0n) is 14.9. The second-order valence-corrected chi connectivity index (χ2v) is 7.73. The maximum absolute atomic E-state index is 10.9. The molecule has 0 aliphatic heterocycles. The third kappa shape index (κ3) is 4.47. The Bertz CT molecular complexity index is 967. The average Bonchev–Trinajstić information content (AvgIpc) is 3.19. The summed E-state index contributed by atoms with van der Waals surface area (Å²) >= 11 is 13.3. The van der Waals surface area contributed by atoms with E-state index < -0.39 is 0 Å². The van der Waals surface area contributed by atoms with Crippen LogP contribution in [0.25, 0.3) is 11.5 Å². The Kier molecular flexibility index (Phi) is 6.11. The molecule has 0 atom stereocenters. The van der Waals surface area contributed by atoms with Gasteiger partial charge in [0, 0.05) is 31.9 Å². The molecule has 0 bridgehead atoms. The molecule has 0 aliphatic carbocycles. The smallest absolute Gasteiger partial charge is 0.289 e. The minimum atomic E-state index is 0.108. The fourth-order valence-corrected chi connectivity index (χ4v) is 3.65. The number of halogens is 1. The van der Waals surface area contributed by atoms with Crippen molar-refractivity contribution in [2.75, 3.05) is 24.3 Å². The van der Waals surface area contributed by atoms with Crippen molar-refractivity contribution in [2.45, 2.75) is 0 Å². The SMILES string of the molecule is CN(C)c1cc[n+](/C(C(=S)Nc2ccccc2Cl)=C(\O)c2cccs2)cc1. The molecule has 0 aliphatic rings. The van der Waals surface area contributed by atoms with Gasteiger partial charge in [0.25, 0.3) is 5.70 Å². The first-order valence-corrected chi connectivity index (χ1v) is 9.86. The molecular formula is C20H19ClN3OS2+. The molecule has 2 heterocycles. The van der Waals surface area contributed by atoms with Crippen molar-refractivity contribution < 1.29 is 9.67 Å². The molecule has 27 heavy (non-hydrogen) atoms. The van der Waals surface area contributed by atoms with Crippen LogP contribution in [-0.2, 0) is 0 Å². The van der Waals surface area contributed by atoms with Crippen LogP contribution in [0.15, 0.2) is 66.3 Å². The lowest BCUT2D eigenvalue weighted by Gasteiger charge is -2.13. The Balaban J connectivity index is 2.04. The van der Waals surface area contributed by atoms with E-state index in [1.807, 2.05) is 79.2 Å². The molecule has 1 aromatic carbocycles. The number of nitrogens with one attached hydrogen (secondary N) is 1. The number of para-hydroxylation sites is 1. The number of anilines is 2. The van der Waals surface area contributed by atoms with E-state index in [-0.39, 0.29) is 5.76 Å². The lowest BCUT2D eigenvalue weighted by molar-refractivity contribution is -0.575. The van der Waals surface area contributed by atoms with Crippen molar-refractivity contribution in [1.29, 1.82) is 0 Å². The molecular weight excluding hydrogens is 398 g/mol. The predicted molar refractivity (Wildman–Crippen MR) is 119 cm³/mol. The van der Waals surface area contributed by atoms with E-state index in [1.54, 1.807) is 10.6 Å². The van der Waals surface area contributed by atoms with Gasteiger partial charge in [0.2, 0.25) is 5.76 Å². The van der Waals surface area contributed by atoms with Crippen LogP contribution >= 0.6 is 35.2 Å². The molecule has 2 N–H and O–H groups in total. The van der Waals surface area contributed by atoms with Crippen molar-refractivity contribution in [3.8, 4) is 0 Å². The van der Waals surface area contributed by atoms with Crippen molar-refractivity contribution in [1.82, 2.24) is 0 Å². The molecule has 7 heteroatoms. The topological polar surface area (TPSA) is 39.4 Å². The number of aliphatic hydroxyl groups excluding tert-OH is 1. The van der Waals surface area contributed by atoms with Crippen molar-refractivity contribution >= 4 is 63.0 Å². The zero-order valence-corrected chi connectivity index (χ0v) is 17.3. The normalized spacial score (nSPS) is 11.7. The molecule has 3 aromatic rings. The van der Waals surface area contributed by atoms with Crippen LogP contribution in [0.4, 0.5) is 11.4 Å². The summed E-state index contributed by atoms with van der Waals surface area (Å²) in [5.74, 6) is 0.108. The lowest BCUT2D eigenvalue weighted by atomic mass is 10.2. The van der Waals surface area contributed by atoms with Crippen molar-refractivity contribution in [3.05, 3.63) is 76.2 Å². The maximum Gasteiger partial charge on any atom is 0.289 e. The number of aliphatic hydroxyl groups is 1. The van der Waals surface area contributed by atoms with Gasteiger partial charge in [0.15, 0.2) is 17.4 Å². The highest BCUT2D eigenvalue weighted by Crippen LogP contribution is 2.25. The van der Waals surface area contributed by atoms with E-state index in [1.165, 1.54) is 11.3 Å². The quantitative estimate of drug-likeness (QED) is 0.263. The van der Waals surface area contributed by atoms with E-state index in [0.717, 1.165) is 10.6 Å². The van der Waals surface area contributed by atoms with E-state index in [4.69, 9.17) is 23.8 Å². The van der Waals surface area contributed by atoms with Crippen LogP contribution in [0.1, 0.15) is 4.88 Å². The summed E-state index contributed by atoms with van der Waals surface area (Å²) in [6.07, 6.45) is 3.74. The highest BCUT2D eigenvalue weighted by molar-refractivity contribution is 7.81. The average molecular weight is 417 g/mol. The van der Waals surface area contributed by atoms with Gasteiger partial charge in [0.05, 0.1) is 15.6 Å². The van der Waals surface area contributed by atoms with Gasteiger partial charge in [0.1, 0.15) is 0 Å². The summed E-state index contributed by atoms with van der Waals surface area (Å²) in [6, 6.07) is 15.0. The summed E-state index contributed by atoms with van der Waals surface area (Å²) in [6.45, 7) is 0. The summed E-state index contributed by atoms with van der Waals surface area (Å²) in [4.78, 5) is 3.11. The number of aromatic nitrogens is 1. The molecule has 0 amide bonds. The third-order valence-electron chi connectivity index (χ3n) is 3.90. The Morgan fingerprint density at radius 3 is 2.41 bits per heavy atom. The molecule has 138 valence electrons. The van der Waals surface area contributed by atoms with Crippen LogP contribution in [0.3, 0.4) is 0 Å². The lowest BCUT2D eigenvalue weighted by Crippen LogP contribution is -2.38. The number of benzene rings is 1. The fraction of sp³-hybridized carbons (Fsp3) is 0.100. The van der Waals surface area contributed by atoms with Crippen LogP contribution < -0.4 is 14.8 Å². The summed E-state index contributed by atoms with van der Waals surface area (Å²) in [7, 11) is 3.95. The Morgan fingerprint density at radius 2 is 1.81 bits per heavy atom.